The number of rotatable bonds is 10. The van der Waals surface area contributed by atoms with E-state index in [2.05, 4.69) is 47.8 Å². The number of thiophene rings is 5. The van der Waals surface area contributed by atoms with E-state index in [1.807, 2.05) is 40.9 Å². The molecule has 0 fully saturated rings. The van der Waals surface area contributed by atoms with Crippen LogP contribution in [-0.4, -0.2) is 0 Å². The SMILES string of the molecule is [C-]#[N+]/C(C#N)=C\c1sc(-c2cc3sc4cc(-c5ccc(/C=C(\C#N)[N+]#[C-])s5)sc4c3s2)cc1CC(CC)CCCC. The van der Waals surface area contributed by atoms with Crippen LogP contribution in [0.1, 0.15) is 54.8 Å². The van der Waals surface area contributed by atoms with Crippen molar-refractivity contribution < 1.29 is 0 Å². The zero-order valence-corrected chi connectivity index (χ0v) is 26.6. The summed E-state index contributed by atoms with van der Waals surface area (Å²) in [6, 6.07) is 14.8. The lowest BCUT2D eigenvalue weighted by Gasteiger charge is -2.14. The third kappa shape index (κ3) is 6.22. The van der Waals surface area contributed by atoms with Gasteiger partial charge in [0.25, 0.3) is 11.4 Å². The number of unbranched alkanes of at least 4 members (excludes halogenated alkanes) is 1. The summed E-state index contributed by atoms with van der Waals surface area (Å²) in [5.74, 6) is 0.597. The van der Waals surface area contributed by atoms with E-state index in [1.54, 1.807) is 46.2 Å². The van der Waals surface area contributed by atoms with Gasteiger partial charge in [0.05, 0.1) is 34.7 Å². The molecule has 0 aliphatic heterocycles. The molecule has 0 saturated heterocycles. The Kier molecular flexibility index (Phi) is 9.16. The van der Waals surface area contributed by atoms with Crippen molar-refractivity contribution in [3.63, 3.8) is 0 Å². The highest BCUT2D eigenvalue weighted by atomic mass is 32.1. The van der Waals surface area contributed by atoms with Crippen LogP contribution in [0, 0.1) is 41.7 Å². The fourth-order valence-electron chi connectivity index (χ4n) is 4.68. The predicted octanol–water partition coefficient (Wildman–Crippen LogP) is 12.0. The second-order valence-corrected chi connectivity index (χ2v) is 14.9. The summed E-state index contributed by atoms with van der Waals surface area (Å²) in [5.41, 5.74) is 1.47. The Morgan fingerprint density at radius 1 is 0.829 bits per heavy atom. The third-order valence-corrected chi connectivity index (χ3v) is 13.2. The first-order valence-corrected chi connectivity index (χ1v) is 17.3. The summed E-state index contributed by atoms with van der Waals surface area (Å²) in [5, 5.41) is 18.5. The van der Waals surface area contributed by atoms with E-state index >= 15 is 0 Å². The predicted molar refractivity (Wildman–Crippen MR) is 179 cm³/mol. The summed E-state index contributed by atoms with van der Waals surface area (Å²) >= 11 is 8.70. The number of fused-ring (bicyclic) bond motifs is 3. The van der Waals surface area contributed by atoms with Gasteiger partial charge in [-0.2, -0.15) is 0 Å². The Labute approximate surface area is 260 Å². The number of hydrogen-bond acceptors (Lipinski definition) is 7. The molecule has 5 rings (SSSR count). The highest BCUT2D eigenvalue weighted by Gasteiger charge is 2.19. The standard InChI is InChI=1S/C32H24N4S5/c1-5-7-8-19(6-2)11-20-12-26(38-25(20)14-22(18-34)36-4)28-16-30-32(41-28)31-29(39-30)15-27(40-31)24-10-9-23(37-24)13-21(17-33)35-3/h9-10,12-16,19H,5-8,11H2,1-2H3/b21-13+,22-14-. The van der Waals surface area contributed by atoms with Crippen molar-refractivity contribution in [3.8, 4) is 31.6 Å². The van der Waals surface area contributed by atoms with Crippen LogP contribution >= 0.6 is 56.7 Å². The van der Waals surface area contributed by atoms with Gasteiger partial charge >= 0.3 is 0 Å². The van der Waals surface area contributed by atoms with E-state index in [9.17, 15) is 5.26 Å². The zero-order chi connectivity index (χ0) is 28.9. The van der Waals surface area contributed by atoms with Gasteiger partial charge in [-0.25, -0.2) is 20.2 Å². The van der Waals surface area contributed by atoms with Crippen LogP contribution in [0.2, 0.25) is 0 Å². The Hall–Kier alpha value is -3.54. The highest BCUT2D eigenvalue weighted by Crippen LogP contribution is 2.50. The van der Waals surface area contributed by atoms with Crippen molar-refractivity contribution in [1.29, 1.82) is 10.5 Å². The number of nitriles is 2. The second-order valence-electron chi connectivity index (χ2n) is 9.54. The normalized spacial score (nSPS) is 12.7. The molecule has 0 spiro atoms. The minimum atomic E-state index is 0.0953. The average Bonchev–Trinajstić information content (AvgIpc) is 3.80. The van der Waals surface area contributed by atoms with Gasteiger partial charge in [-0.3, -0.25) is 0 Å². The lowest BCUT2D eigenvalue weighted by atomic mass is 9.92. The molecule has 0 aliphatic rings. The van der Waals surface area contributed by atoms with Crippen molar-refractivity contribution in [2.75, 3.05) is 0 Å². The third-order valence-electron chi connectivity index (χ3n) is 6.85. The van der Waals surface area contributed by atoms with Gasteiger partial charge in [-0.1, -0.05) is 39.5 Å². The van der Waals surface area contributed by atoms with E-state index < -0.39 is 0 Å². The topological polar surface area (TPSA) is 56.3 Å². The quantitative estimate of drug-likeness (QED) is 0.115. The summed E-state index contributed by atoms with van der Waals surface area (Å²) < 4.78 is 5.15. The molecule has 5 aromatic heterocycles. The van der Waals surface area contributed by atoms with Crippen LogP contribution in [0.25, 0.3) is 60.2 Å². The Bertz CT molecular complexity index is 1930. The Balaban J connectivity index is 1.49. The molecule has 0 amide bonds. The summed E-state index contributed by atoms with van der Waals surface area (Å²) in [4.78, 5) is 13.4. The van der Waals surface area contributed by atoms with Crippen LogP contribution in [0.5, 0.6) is 0 Å². The summed E-state index contributed by atoms with van der Waals surface area (Å²) in [7, 11) is 0. The second kappa shape index (κ2) is 13.0. The minimum absolute atomic E-state index is 0.0953. The Morgan fingerprint density at radius 3 is 2.07 bits per heavy atom. The van der Waals surface area contributed by atoms with Gasteiger partial charge < -0.3 is 0 Å². The largest absolute Gasteiger partial charge is 0.263 e. The van der Waals surface area contributed by atoms with Crippen LogP contribution in [0.4, 0.5) is 0 Å². The first-order chi connectivity index (χ1) is 20.0. The molecular formula is C32H24N4S5. The number of nitrogens with zero attached hydrogens (tertiary/aromatic N) is 4. The van der Waals surface area contributed by atoms with E-state index in [-0.39, 0.29) is 11.4 Å². The van der Waals surface area contributed by atoms with Crippen LogP contribution < -0.4 is 0 Å². The molecule has 1 atom stereocenters. The summed E-state index contributed by atoms with van der Waals surface area (Å²) in [6.45, 7) is 19.0. The van der Waals surface area contributed by atoms with Gasteiger partial charge in [0.1, 0.15) is 0 Å². The molecular weight excluding hydrogens is 601 g/mol. The van der Waals surface area contributed by atoms with Crippen molar-refractivity contribution in [1.82, 2.24) is 0 Å². The number of hydrogen-bond donors (Lipinski definition) is 0. The first kappa shape index (κ1) is 29.0. The fourth-order valence-corrected chi connectivity index (χ4v) is 10.9. The van der Waals surface area contributed by atoms with Gasteiger partial charge in [0.2, 0.25) is 0 Å². The van der Waals surface area contributed by atoms with Crippen molar-refractivity contribution in [2.45, 2.75) is 46.0 Å². The van der Waals surface area contributed by atoms with Crippen molar-refractivity contribution in [2.24, 2.45) is 5.92 Å². The monoisotopic (exact) mass is 624 g/mol. The van der Waals surface area contributed by atoms with Crippen LogP contribution in [0.3, 0.4) is 0 Å². The molecule has 0 aromatic carbocycles. The molecule has 0 N–H and O–H groups in total. The van der Waals surface area contributed by atoms with E-state index in [0.29, 0.717) is 5.92 Å². The van der Waals surface area contributed by atoms with Crippen molar-refractivity contribution >= 4 is 87.6 Å². The van der Waals surface area contributed by atoms with Gasteiger partial charge in [0, 0.05) is 38.7 Å². The maximum Gasteiger partial charge on any atom is 0.263 e. The molecule has 41 heavy (non-hydrogen) atoms. The molecule has 0 radical (unpaired) electrons. The van der Waals surface area contributed by atoms with Gasteiger partial charge in [-0.05, 0) is 60.4 Å². The fraction of sp³-hybridized carbons (Fsp3) is 0.250. The van der Waals surface area contributed by atoms with Crippen LogP contribution in [0.15, 0.2) is 41.7 Å². The Morgan fingerprint density at radius 2 is 1.46 bits per heavy atom. The minimum Gasteiger partial charge on any atom is -0.227 e. The molecule has 0 saturated carbocycles. The lowest BCUT2D eigenvalue weighted by molar-refractivity contribution is 0.449. The number of allylic oxidation sites excluding steroid dienone is 2. The first-order valence-electron chi connectivity index (χ1n) is 13.2. The smallest absolute Gasteiger partial charge is 0.227 e. The molecule has 5 aromatic rings. The zero-order valence-electron chi connectivity index (χ0n) is 22.5. The maximum atomic E-state index is 9.41. The molecule has 9 heteroatoms. The maximum absolute atomic E-state index is 9.41. The summed E-state index contributed by atoms with van der Waals surface area (Å²) in [6.07, 6.45) is 9.11. The average molecular weight is 625 g/mol. The van der Waals surface area contributed by atoms with Gasteiger partial charge in [0.15, 0.2) is 0 Å². The molecule has 5 heterocycles. The lowest BCUT2D eigenvalue weighted by Crippen LogP contribution is -2.03. The molecule has 0 bridgehead atoms. The van der Waals surface area contributed by atoms with E-state index in [1.165, 1.54) is 58.3 Å². The molecule has 4 nitrogen and oxygen atoms in total. The van der Waals surface area contributed by atoms with E-state index in [0.717, 1.165) is 27.5 Å². The molecule has 1 unspecified atom stereocenters. The van der Waals surface area contributed by atoms with Crippen LogP contribution in [-0.2, 0) is 6.42 Å². The highest BCUT2D eigenvalue weighted by molar-refractivity contribution is 7.41. The van der Waals surface area contributed by atoms with Crippen molar-refractivity contribution in [3.05, 3.63) is 79.9 Å². The molecule has 0 aliphatic carbocycles. The van der Waals surface area contributed by atoms with E-state index in [4.69, 9.17) is 18.4 Å². The molecule has 202 valence electrons. The van der Waals surface area contributed by atoms with Gasteiger partial charge in [-0.15, -0.1) is 56.7 Å².